The topological polar surface area (TPSA) is 6.48 Å². The van der Waals surface area contributed by atoms with Gasteiger partial charge in [-0.3, -0.25) is 0 Å². The largest absolute Gasteiger partial charge is 0.309 e. The lowest BCUT2D eigenvalue weighted by Gasteiger charge is -2.35. The molecule has 2 heteroatoms. The third kappa shape index (κ3) is 10.8. The van der Waals surface area contributed by atoms with Gasteiger partial charge in [-0.15, -0.1) is 0 Å². The normalized spacial score (nSPS) is 15.9. The van der Waals surface area contributed by atoms with E-state index in [9.17, 15) is 0 Å². The van der Waals surface area contributed by atoms with E-state index < -0.39 is 10.8 Å². The van der Waals surface area contributed by atoms with Gasteiger partial charge in [0.15, 0.2) is 0 Å². The summed E-state index contributed by atoms with van der Waals surface area (Å²) < 4.78 is 0. The van der Waals surface area contributed by atoms with Crippen LogP contribution in [-0.2, 0) is 32.5 Å². The van der Waals surface area contributed by atoms with Crippen LogP contribution in [0.2, 0.25) is 0 Å². The second-order valence-electron chi connectivity index (χ2n) is 38.8. The molecule has 0 saturated heterocycles. The highest BCUT2D eigenvalue weighted by Crippen LogP contribution is 2.65. The van der Waals surface area contributed by atoms with Crippen molar-refractivity contribution in [2.75, 3.05) is 9.80 Å². The molecule has 0 aromatic heterocycles. The maximum absolute atomic E-state index is 2.63. The Labute approximate surface area is 763 Å². The van der Waals surface area contributed by atoms with Crippen LogP contribution < -0.4 is 9.80 Å². The Kier molecular flexibility index (Phi) is 17.0. The van der Waals surface area contributed by atoms with Gasteiger partial charge in [0.05, 0.1) is 33.6 Å². The van der Waals surface area contributed by atoms with Gasteiger partial charge in [-0.2, -0.15) is 0 Å². The van der Waals surface area contributed by atoms with E-state index in [4.69, 9.17) is 0 Å². The summed E-state index contributed by atoms with van der Waals surface area (Å²) in [6.45, 7) is 19.1. The van der Waals surface area contributed by atoms with Gasteiger partial charge in [-0.1, -0.05) is 425 Å². The van der Waals surface area contributed by atoms with Gasteiger partial charge in [-0.25, -0.2) is 0 Å². The van der Waals surface area contributed by atoms with Crippen molar-refractivity contribution in [3.63, 3.8) is 0 Å². The lowest BCUT2D eigenvalue weighted by molar-refractivity contribution is 0.660. The van der Waals surface area contributed by atoms with Crippen molar-refractivity contribution >= 4 is 34.1 Å². The zero-order chi connectivity index (χ0) is 87.3. The summed E-state index contributed by atoms with van der Waals surface area (Å²) in [5.74, 6) is 0. The zero-order valence-electron chi connectivity index (χ0n) is 74.5. The van der Waals surface area contributed by atoms with Gasteiger partial charge in [0, 0.05) is 55.3 Å². The van der Waals surface area contributed by atoms with Gasteiger partial charge in [0.2, 0.25) is 0 Å². The monoisotopic (exact) mass is 1660 g/mol. The van der Waals surface area contributed by atoms with Crippen LogP contribution in [0.1, 0.15) is 144 Å². The van der Waals surface area contributed by atoms with E-state index in [1.165, 1.54) is 178 Å². The molecule has 19 aromatic rings. The molecule has 2 nitrogen and oxygen atoms in total. The van der Waals surface area contributed by atoms with Crippen LogP contribution in [0.25, 0.3) is 111 Å². The molecule has 1 atom stereocenters. The maximum atomic E-state index is 2.63. The van der Waals surface area contributed by atoms with E-state index >= 15 is 0 Å². The Morgan fingerprint density at radius 1 is 0.146 bits per heavy atom. The first-order valence-electron chi connectivity index (χ1n) is 46.2. The molecule has 6 aliphatic rings. The van der Waals surface area contributed by atoms with Gasteiger partial charge in [-0.05, 0) is 245 Å². The molecule has 1 unspecified atom stereocenters. The third-order valence-electron chi connectivity index (χ3n) is 30.9. The zero-order valence-corrected chi connectivity index (χ0v) is 74.5. The van der Waals surface area contributed by atoms with Crippen molar-refractivity contribution in [2.24, 2.45) is 0 Å². The summed E-state index contributed by atoms with van der Waals surface area (Å²) in [7, 11) is 0. The average Bonchev–Trinajstić information content (AvgIpc) is 1.54. The summed E-state index contributed by atoms with van der Waals surface area (Å²) in [6, 6.07) is 168. The molecule has 19 aromatic carbocycles. The van der Waals surface area contributed by atoms with Crippen molar-refractivity contribution in [2.45, 2.75) is 87.9 Å². The molecule has 0 amide bonds. The van der Waals surface area contributed by atoms with Gasteiger partial charge in [0.1, 0.15) is 0 Å². The first-order chi connectivity index (χ1) is 63.5. The van der Waals surface area contributed by atoms with Crippen molar-refractivity contribution in [3.05, 3.63) is 526 Å². The fourth-order valence-electron chi connectivity index (χ4n) is 24.9. The average molecular weight is 1660 g/mol. The molecular formula is C128H96N2. The summed E-state index contributed by atoms with van der Waals surface area (Å²) in [5.41, 5.74) is 49.4. The minimum atomic E-state index is -0.787. The smallest absolute Gasteiger partial charge is 0.0714 e. The Morgan fingerprint density at radius 2 is 0.446 bits per heavy atom. The van der Waals surface area contributed by atoms with E-state index in [1.54, 1.807) is 0 Å². The lowest BCUT2D eigenvalue weighted by Crippen LogP contribution is -2.29. The standard InChI is InChI=1S/C128H96N2/c1-123(2)105-57-27-19-48-92(105)102-78-83(69-74-108(102)123)90-46-23-31-64-116(90)129(117-65-32-24-49-95(117)97-54-35-61-111-120(97)99-51-20-28-58-106(99)124(111,3)4)89-71-73-94-103-77-82(68-75-110(103)127(115(94)80-89,84-39-12-9-13-40-84)85-41-14-10-15-42-85)81-38-34-45-87(76-81)128(86-43-16-11-17-44-86)109-60-30-22-53-101(109)122-113(128)63-37-67-119(122)130(88-70-72-93-91-47-18-26-56-104(91)126(7,8)114(93)79-88)118-66-33-25-50-96(118)98-55-36-62-112-121(98)100-52-21-29-59-107(100)125(112,5)6/h9-80H,1-8H3. The number of nitrogens with zero attached hydrogens (tertiary/aromatic N) is 2. The Hall–Kier alpha value is -15.2. The van der Waals surface area contributed by atoms with Gasteiger partial charge < -0.3 is 9.80 Å². The fourth-order valence-corrected chi connectivity index (χ4v) is 24.9. The maximum Gasteiger partial charge on any atom is 0.0714 e. The minimum absolute atomic E-state index is 0.145. The number of rotatable bonds is 14. The van der Waals surface area contributed by atoms with Crippen molar-refractivity contribution in [3.8, 4) is 111 Å². The number of fused-ring (bicyclic) bond motifs is 18. The highest BCUT2D eigenvalue weighted by Gasteiger charge is 2.51. The van der Waals surface area contributed by atoms with Crippen LogP contribution in [0.15, 0.2) is 437 Å². The highest BCUT2D eigenvalue weighted by molar-refractivity contribution is 6.06. The van der Waals surface area contributed by atoms with Gasteiger partial charge in [0.25, 0.3) is 0 Å². The first-order valence-corrected chi connectivity index (χ1v) is 46.2. The van der Waals surface area contributed by atoms with E-state index in [0.717, 1.165) is 56.4 Å². The summed E-state index contributed by atoms with van der Waals surface area (Å²) in [4.78, 5) is 5.23. The van der Waals surface area contributed by atoms with E-state index in [-0.39, 0.29) is 21.7 Å². The molecule has 0 aliphatic heterocycles. The van der Waals surface area contributed by atoms with E-state index in [2.05, 4.69) is 502 Å². The molecule has 0 heterocycles. The van der Waals surface area contributed by atoms with E-state index in [0.29, 0.717) is 0 Å². The predicted molar refractivity (Wildman–Crippen MR) is 542 cm³/mol. The molecule has 618 valence electrons. The van der Waals surface area contributed by atoms with Crippen molar-refractivity contribution < 1.29 is 0 Å². The van der Waals surface area contributed by atoms with Crippen LogP contribution in [0.3, 0.4) is 0 Å². The molecule has 25 rings (SSSR count). The Morgan fingerprint density at radius 3 is 0.992 bits per heavy atom. The fraction of sp³-hybridized carbons (Fsp3) is 0.109. The molecule has 0 bridgehead atoms. The van der Waals surface area contributed by atoms with Crippen molar-refractivity contribution in [1.82, 2.24) is 0 Å². The number of anilines is 6. The summed E-state index contributed by atoms with van der Waals surface area (Å²) >= 11 is 0. The minimum Gasteiger partial charge on any atom is -0.309 e. The predicted octanol–water partition coefficient (Wildman–Crippen LogP) is 33.2. The third-order valence-corrected chi connectivity index (χ3v) is 30.9. The van der Waals surface area contributed by atoms with Crippen LogP contribution in [-0.4, -0.2) is 0 Å². The Balaban J connectivity index is 0.688. The second-order valence-corrected chi connectivity index (χ2v) is 38.8. The highest BCUT2D eigenvalue weighted by atomic mass is 15.2. The number of hydrogen-bond donors (Lipinski definition) is 0. The van der Waals surface area contributed by atoms with Crippen LogP contribution in [0, 0.1) is 0 Å². The summed E-state index contributed by atoms with van der Waals surface area (Å²) in [6.07, 6.45) is 0. The molecular weight excluding hydrogens is 1570 g/mol. The second kappa shape index (κ2) is 28.6. The summed E-state index contributed by atoms with van der Waals surface area (Å²) in [5, 5.41) is 0. The van der Waals surface area contributed by atoms with E-state index in [1.807, 2.05) is 0 Å². The van der Waals surface area contributed by atoms with Crippen LogP contribution in [0.4, 0.5) is 34.1 Å². The molecule has 0 fully saturated rings. The molecule has 0 N–H and O–H groups in total. The van der Waals surface area contributed by atoms with Gasteiger partial charge >= 0.3 is 0 Å². The quantitative estimate of drug-likeness (QED) is 0.107. The SMILES string of the molecule is CC1(C)c2ccccc2-c2cc(-c3ccccc3N(c3ccc4c(c3)C(c3ccccc3)(c3ccccc3)c3ccc(-c5cccc(C6(c7ccccc7)c7ccccc7-c7c(N(c8ccc9c(c8)C(C)(C)c8ccccc8-9)c8ccccc8-c8cccc9c8-c8ccccc8C9(C)C)cccc76)c5)cc3-4)c3ccccc3-c3cccc4c3-c3ccccc3C4(C)C)ccc21. The molecule has 0 radical (unpaired) electrons. The van der Waals surface area contributed by atoms with Crippen molar-refractivity contribution in [1.29, 1.82) is 0 Å². The lowest BCUT2D eigenvalue weighted by atomic mass is 9.67. The van der Waals surface area contributed by atoms with Crippen LogP contribution in [0.5, 0.6) is 0 Å². The first kappa shape index (κ1) is 77.2. The van der Waals surface area contributed by atoms with Crippen LogP contribution >= 0.6 is 0 Å². The molecule has 0 saturated carbocycles. The Bertz CT molecular complexity index is 7890. The molecule has 130 heavy (non-hydrogen) atoms. The molecule has 0 spiro atoms. The number of para-hydroxylation sites is 3. The number of hydrogen-bond acceptors (Lipinski definition) is 2. The number of benzene rings is 19. The molecule has 6 aliphatic carbocycles.